The van der Waals surface area contributed by atoms with Crippen molar-refractivity contribution in [3.63, 3.8) is 0 Å². The van der Waals surface area contributed by atoms with E-state index in [-0.39, 0.29) is 0 Å². The highest BCUT2D eigenvalue weighted by atomic mass is 15.1. The lowest BCUT2D eigenvalue weighted by Crippen LogP contribution is -1.97. The predicted octanol–water partition coefficient (Wildman–Crippen LogP) is 3.71. The normalized spacial score (nSPS) is 11.0. The first-order valence-corrected chi connectivity index (χ1v) is 6.78. The van der Waals surface area contributed by atoms with Crippen LogP contribution in [0.2, 0.25) is 0 Å². The lowest BCUT2D eigenvalue weighted by molar-refractivity contribution is 0.914. The summed E-state index contributed by atoms with van der Waals surface area (Å²) in [7, 11) is 4.11. The summed E-state index contributed by atoms with van der Waals surface area (Å²) in [6.07, 6.45) is 6.11. The second-order valence-corrected chi connectivity index (χ2v) is 5.36. The average Bonchev–Trinajstić information content (AvgIpc) is 2.97. The molecule has 2 aromatic heterocycles. The van der Waals surface area contributed by atoms with Gasteiger partial charge in [0.2, 0.25) is 0 Å². The van der Waals surface area contributed by atoms with Crippen molar-refractivity contribution in [1.82, 2.24) is 14.1 Å². The van der Waals surface area contributed by atoms with Gasteiger partial charge in [-0.1, -0.05) is 18.2 Å². The molecule has 0 aliphatic rings. The number of hydrogen-bond donors (Lipinski definition) is 0. The molecule has 3 nitrogen and oxygen atoms in total. The van der Waals surface area contributed by atoms with Gasteiger partial charge in [-0.05, 0) is 31.0 Å². The number of hydrogen-bond acceptors (Lipinski definition) is 1. The molecule has 0 aliphatic heterocycles. The fourth-order valence-electron chi connectivity index (χ4n) is 2.76. The maximum atomic E-state index is 4.61. The SMILES string of the molecule is Cc1cccc(C)c1-c1cnc(-c2ccn(C)c2)n1C. The van der Waals surface area contributed by atoms with Crippen LogP contribution in [0.15, 0.2) is 42.9 Å². The molecule has 3 aromatic rings. The lowest BCUT2D eigenvalue weighted by Gasteiger charge is -2.11. The van der Waals surface area contributed by atoms with E-state index in [9.17, 15) is 0 Å². The molecule has 0 spiro atoms. The molecule has 0 unspecified atom stereocenters. The molecule has 0 fully saturated rings. The van der Waals surface area contributed by atoms with Crippen LogP contribution in [0, 0.1) is 13.8 Å². The van der Waals surface area contributed by atoms with Crippen molar-refractivity contribution in [1.29, 1.82) is 0 Å². The minimum Gasteiger partial charge on any atom is -0.357 e. The van der Waals surface area contributed by atoms with Crippen molar-refractivity contribution >= 4 is 0 Å². The highest BCUT2D eigenvalue weighted by molar-refractivity contribution is 5.70. The average molecular weight is 265 g/mol. The second-order valence-electron chi connectivity index (χ2n) is 5.36. The number of aromatic nitrogens is 3. The van der Waals surface area contributed by atoms with Crippen LogP contribution in [0.3, 0.4) is 0 Å². The van der Waals surface area contributed by atoms with Gasteiger partial charge in [-0.25, -0.2) is 4.98 Å². The zero-order valence-electron chi connectivity index (χ0n) is 12.4. The van der Waals surface area contributed by atoms with E-state index in [1.165, 1.54) is 22.4 Å². The number of imidazole rings is 1. The van der Waals surface area contributed by atoms with Gasteiger partial charge in [0.15, 0.2) is 0 Å². The van der Waals surface area contributed by atoms with E-state index < -0.39 is 0 Å². The molecule has 0 aliphatic carbocycles. The minimum absolute atomic E-state index is 1.00. The smallest absolute Gasteiger partial charge is 0.141 e. The largest absolute Gasteiger partial charge is 0.357 e. The lowest BCUT2D eigenvalue weighted by atomic mass is 10.0. The van der Waals surface area contributed by atoms with Gasteiger partial charge in [-0.2, -0.15) is 0 Å². The number of nitrogens with zero attached hydrogens (tertiary/aromatic N) is 3. The number of aryl methyl sites for hydroxylation is 3. The Morgan fingerprint density at radius 1 is 1.00 bits per heavy atom. The van der Waals surface area contributed by atoms with Crippen LogP contribution in [-0.4, -0.2) is 14.1 Å². The molecule has 0 saturated heterocycles. The Balaban J connectivity index is 2.16. The van der Waals surface area contributed by atoms with Gasteiger partial charge >= 0.3 is 0 Å². The van der Waals surface area contributed by atoms with Crippen LogP contribution >= 0.6 is 0 Å². The second kappa shape index (κ2) is 4.67. The van der Waals surface area contributed by atoms with Crippen molar-refractivity contribution in [2.75, 3.05) is 0 Å². The molecule has 2 heterocycles. The highest BCUT2D eigenvalue weighted by Gasteiger charge is 2.14. The Hall–Kier alpha value is -2.29. The maximum absolute atomic E-state index is 4.61. The molecule has 3 heteroatoms. The Morgan fingerprint density at radius 2 is 1.70 bits per heavy atom. The molecular weight excluding hydrogens is 246 g/mol. The molecule has 0 bridgehead atoms. The van der Waals surface area contributed by atoms with Gasteiger partial charge < -0.3 is 9.13 Å². The standard InChI is InChI=1S/C17H19N3/c1-12-6-5-7-13(2)16(12)15-10-18-17(20(15)4)14-8-9-19(3)11-14/h5-11H,1-4H3. The van der Waals surface area contributed by atoms with E-state index in [0.29, 0.717) is 0 Å². The quantitative estimate of drug-likeness (QED) is 0.692. The van der Waals surface area contributed by atoms with Gasteiger partial charge in [0, 0.05) is 37.6 Å². The first-order chi connectivity index (χ1) is 9.58. The van der Waals surface area contributed by atoms with Crippen LogP contribution in [0.25, 0.3) is 22.6 Å². The van der Waals surface area contributed by atoms with Crippen LogP contribution in [0.5, 0.6) is 0 Å². The summed E-state index contributed by atoms with van der Waals surface area (Å²) >= 11 is 0. The summed E-state index contributed by atoms with van der Waals surface area (Å²) in [6.45, 7) is 4.30. The van der Waals surface area contributed by atoms with E-state index in [1.807, 2.05) is 24.0 Å². The summed E-state index contributed by atoms with van der Waals surface area (Å²) < 4.78 is 4.22. The number of rotatable bonds is 2. The maximum Gasteiger partial charge on any atom is 0.141 e. The first-order valence-electron chi connectivity index (χ1n) is 6.78. The van der Waals surface area contributed by atoms with Crippen LogP contribution in [-0.2, 0) is 14.1 Å². The Labute approximate surface area is 119 Å². The third-order valence-corrected chi connectivity index (χ3v) is 3.82. The van der Waals surface area contributed by atoms with Crippen LogP contribution in [0.4, 0.5) is 0 Å². The van der Waals surface area contributed by atoms with E-state index in [4.69, 9.17) is 0 Å². The van der Waals surface area contributed by atoms with Gasteiger partial charge in [0.1, 0.15) is 5.82 Å². The molecule has 0 saturated carbocycles. The molecule has 0 amide bonds. The molecule has 102 valence electrons. The van der Waals surface area contributed by atoms with Gasteiger partial charge in [-0.15, -0.1) is 0 Å². The zero-order chi connectivity index (χ0) is 14.3. The van der Waals surface area contributed by atoms with Crippen molar-refractivity contribution in [2.45, 2.75) is 13.8 Å². The van der Waals surface area contributed by atoms with E-state index >= 15 is 0 Å². The third kappa shape index (κ3) is 1.95. The number of benzene rings is 1. The molecule has 1 aromatic carbocycles. The molecule has 20 heavy (non-hydrogen) atoms. The first kappa shape index (κ1) is 12.7. The van der Waals surface area contributed by atoms with Gasteiger partial charge in [0.25, 0.3) is 0 Å². The summed E-state index contributed by atoms with van der Waals surface area (Å²) in [5.41, 5.74) is 6.16. The predicted molar refractivity (Wildman–Crippen MR) is 82.5 cm³/mol. The van der Waals surface area contributed by atoms with E-state index in [1.54, 1.807) is 0 Å². The van der Waals surface area contributed by atoms with Crippen LogP contribution in [0.1, 0.15) is 11.1 Å². The van der Waals surface area contributed by atoms with E-state index in [2.05, 4.69) is 60.9 Å². The molecule has 3 rings (SSSR count). The zero-order valence-corrected chi connectivity index (χ0v) is 12.4. The van der Waals surface area contributed by atoms with Crippen LogP contribution < -0.4 is 0 Å². The minimum atomic E-state index is 1.00. The Kier molecular flexibility index (Phi) is 2.97. The summed E-state index contributed by atoms with van der Waals surface area (Å²) in [6, 6.07) is 8.49. The third-order valence-electron chi connectivity index (χ3n) is 3.82. The summed E-state index contributed by atoms with van der Waals surface area (Å²) in [4.78, 5) is 4.61. The molecule has 0 N–H and O–H groups in total. The summed E-state index contributed by atoms with van der Waals surface area (Å²) in [5.74, 6) is 1.00. The fourth-order valence-corrected chi connectivity index (χ4v) is 2.76. The Morgan fingerprint density at radius 3 is 2.30 bits per heavy atom. The van der Waals surface area contributed by atoms with Crippen molar-refractivity contribution < 1.29 is 0 Å². The topological polar surface area (TPSA) is 22.8 Å². The molecule has 0 atom stereocenters. The monoisotopic (exact) mass is 265 g/mol. The van der Waals surface area contributed by atoms with Gasteiger partial charge in [0.05, 0.1) is 11.9 Å². The van der Waals surface area contributed by atoms with Crippen molar-refractivity contribution in [3.8, 4) is 22.6 Å². The van der Waals surface area contributed by atoms with E-state index in [0.717, 1.165) is 11.4 Å². The Bertz CT molecular complexity index is 742. The van der Waals surface area contributed by atoms with Gasteiger partial charge in [-0.3, -0.25) is 0 Å². The van der Waals surface area contributed by atoms with Crippen molar-refractivity contribution in [3.05, 3.63) is 54.0 Å². The van der Waals surface area contributed by atoms with Crippen molar-refractivity contribution in [2.24, 2.45) is 14.1 Å². The molecular formula is C17H19N3. The summed E-state index contributed by atoms with van der Waals surface area (Å²) in [5, 5.41) is 0. The highest BCUT2D eigenvalue weighted by Crippen LogP contribution is 2.30. The fraction of sp³-hybridized carbons (Fsp3) is 0.235. The molecule has 0 radical (unpaired) electrons.